The molecule has 1 atom stereocenters. The van der Waals surface area contributed by atoms with E-state index in [1.54, 1.807) is 0 Å². The smallest absolute Gasteiger partial charge is 0.355 e. The van der Waals surface area contributed by atoms with Crippen LogP contribution >= 0.6 is 0 Å². The summed E-state index contributed by atoms with van der Waals surface area (Å²) in [6.07, 6.45) is -14.3. The number of tetrazole rings is 1. The van der Waals surface area contributed by atoms with Gasteiger partial charge in [0.2, 0.25) is 5.91 Å². The van der Waals surface area contributed by atoms with Gasteiger partial charge in [0.25, 0.3) is 5.95 Å². The minimum atomic E-state index is -5.10. The highest BCUT2D eigenvalue weighted by molar-refractivity contribution is 5.76. The molecule has 3 aromatic rings. The van der Waals surface area contributed by atoms with Gasteiger partial charge in [-0.15, -0.1) is 5.10 Å². The van der Waals surface area contributed by atoms with Gasteiger partial charge >= 0.3 is 18.5 Å². The molecule has 1 unspecified atom stereocenters. The first-order chi connectivity index (χ1) is 20.5. The molecular weight excluding hydrogens is 609 g/mol. The topological polar surface area (TPSA) is 79.2 Å². The van der Waals surface area contributed by atoms with Gasteiger partial charge < -0.3 is 10.2 Å². The average Bonchev–Trinajstić information content (AvgIpc) is 3.25. The summed E-state index contributed by atoms with van der Waals surface area (Å²) in [7, 11) is 1.37. The molecule has 44 heavy (non-hydrogen) atoms. The maximum Gasteiger partial charge on any atom is 0.416 e. The van der Waals surface area contributed by atoms with E-state index in [0.29, 0.717) is 43.8 Å². The number of nitrogens with zero attached hydrogens (tertiary/aromatic N) is 6. The number of halogens is 9. The van der Waals surface area contributed by atoms with Crippen LogP contribution in [0, 0.1) is 0 Å². The minimum absolute atomic E-state index is 0.00798. The van der Waals surface area contributed by atoms with Crippen molar-refractivity contribution < 1.29 is 44.3 Å². The summed E-state index contributed by atoms with van der Waals surface area (Å²) in [5, 5.41) is 14.3. The van der Waals surface area contributed by atoms with Crippen LogP contribution in [0.15, 0.2) is 36.4 Å². The van der Waals surface area contributed by atoms with Crippen LogP contribution in [-0.2, 0) is 43.5 Å². The van der Waals surface area contributed by atoms with E-state index in [1.165, 1.54) is 18.0 Å². The standard InChI is InChI=1S/C27H28F9N7O/c1-3-22(42-8-6-23(44)37-7-9-42)21-5-4-18(25(28,29)30)12-17(21)15-43(24-38-40-41(2)39-24)14-16-10-19(26(31,32)33)13-20(11-16)27(34,35)36/h4-5,10-13,22H,3,6-9,14-15H2,1-2H3,(H,37,44). The van der Waals surface area contributed by atoms with Gasteiger partial charge in [0.05, 0.1) is 23.7 Å². The Morgan fingerprint density at radius 3 is 2.07 bits per heavy atom. The molecule has 1 fully saturated rings. The molecule has 0 aliphatic carbocycles. The number of aromatic nitrogens is 4. The van der Waals surface area contributed by atoms with Gasteiger partial charge in [0.15, 0.2) is 0 Å². The number of hydrogen-bond acceptors (Lipinski definition) is 6. The normalized spacial score (nSPS) is 16.0. The first kappa shape index (κ1) is 33.0. The average molecular weight is 638 g/mol. The fraction of sp³-hybridized carbons (Fsp3) is 0.481. The van der Waals surface area contributed by atoms with E-state index in [9.17, 15) is 44.3 Å². The third-order valence-electron chi connectivity index (χ3n) is 7.17. The molecule has 1 aliphatic rings. The highest BCUT2D eigenvalue weighted by Crippen LogP contribution is 2.38. The van der Waals surface area contributed by atoms with Crippen LogP contribution < -0.4 is 10.2 Å². The summed E-state index contributed by atoms with van der Waals surface area (Å²) < 4.78 is 123. The maximum absolute atomic E-state index is 13.8. The van der Waals surface area contributed by atoms with E-state index < -0.39 is 59.9 Å². The first-order valence-corrected chi connectivity index (χ1v) is 13.4. The Morgan fingerprint density at radius 2 is 1.52 bits per heavy atom. The van der Waals surface area contributed by atoms with Crippen LogP contribution in [0.5, 0.6) is 0 Å². The lowest BCUT2D eigenvalue weighted by molar-refractivity contribution is -0.143. The molecule has 0 bridgehead atoms. The number of hydrogen-bond donors (Lipinski definition) is 1. The molecule has 1 aliphatic heterocycles. The second-order valence-electron chi connectivity index (χ2n) is 10.3. The van der Waals surface area contributed by atoms with Crippen LogP contribution in [0.3, 0.4) is 0 Å². The van der Waals surface area contributed by atoms with Crippen LogP contribution in [0.25, 0.3) is 0 Å². The van der Waals surface area contributed by atoms with Crippen molar-refractivity contribution in [2.24, 2.45) is 7.05 Å². The number of anilines is 1. The van der Waals surface area contributed by atoms with Crippen molar-refractivity contribution in [1.82, 2.24) is 30.4 Å². The number of nitrogens with one attached hydrogen (secondary N) is 1. The SMILES string of the molecule is CCC(c1ccc(C(F)(F)F)cc1CN(Cc1cc(C(F)(F)F)cc(C(F)(F)F)c1)c1nnn(C)n1)N1CCNC(=O)CC1. The summed E-state index contributed by atoms with van der Waals surface area (Å²) in [4.78, 5) is 16.0. The summed E-state index contributed by atoms with van der Waals surface area (Å²) in [6, 6.07) is 3.74. The van der Waals surface area contributed by atoms with Gasteiger partial charge in [-0.25, -0.2) is 0 Å². The highest BCUT2D eigenvalue weighted by Gasteiger charge is 2.37. The molecule has 1 amide bonds. The molecular formula is C27H28F9N7O. The number of carbonyl (C=O) groups excluding carboxylic acids is 1. The van der Waals surface area contributed by atoms with Crippen molar-refractivity contribution in [3.63, 3.8) is 0 Å². The molecule has 1 aromatic heterocycles. The molecule has 1 N–H and O–H groups in total. The fourth-order valence-corrected chi connectivity index (χ4v) is 5.15. The second kappa shape index (κ2) is 12.6. The number of rotatable bonds is 8. The van der Waals surface area contributed by atoms with Gasteiger partial charge in [-0.2, -0.15) is 44.3 Å². The van der Waals surface area contributed by atoms with Crippen molar-refractivity contribution in [3.8, 4) is 0 Å². The number of alkyl halides is 9. The van der Waals surface area contributed by atoms with Crippen molar-refractivity contribution >= 4 is 11.9 Å². The van der Waals surface area contributed by atoms with E-state index in [-0.39, 0.29) is 29.9 Å². The van der Waals surface area contributed by atoms with Crippen LogP contribution in [0.2, 0.25) is 0 Å². The Labute approximate surface area is 245 Å². The van der Waals surface area contributed by atoms with Crippen LogP contribution in [0.1, 0.15) is 59.2 Å². The van der Waals surface area contributed by atoms with Crippen molar-refractivity contribution in [2.45, 2.75) is 57.4 Å². The Kier molecular flexibility index (Phi) is 9.46. The lowest BCUT2D eigenvalue weighted by Crippen LogP contribution is -2.33. The van der Waals surface area contributed by atoms with Gasteiger partial charge in [0.1, 0.15) is 0 Å². The van der Waals surface area contributed by atoms with Crippen molar-refractivity contribution in [2.75, 3.05) is 24.5 Å². The lowest BCUT2D eigenvalue weighted by Gasteiger charge is -2.32. The zero-order valence-corrected chi connectivity index (χ0v) is 23.5. The Balaban J connectivity index is 1.81. The molecule has 0 radical (unpaired) electrons. The third-order valence-corrected chi connectivity index (χ3v) is 7.17. The molecule has 0 spiro atoms. The van der Waals surface area contributed by atoms with Crippen LogP contribution in [-0.4, -0.2) is 50.6 Å². The van der Waals surface area contributed by atoms with Gasteiger partial charge in [-0.3, -0.25) is 9.69 Å². The molecule has 4 rings (SSSR count). The van der Waals surface area contributed by atoms with Gasteiger partial charge in [0, 0.05) is 45.2 Å². The van der Waals surface area contributed by atoms with E-state index >= 15 is 0 Å². The quantitative estimate of drug-likeness (QED) is 0.318. The number of carbonyl (C=O) groups is 1. The third kappa shape index (κ3) is 7.98. The zero-order valence-electron chi connectivity index (χ0n) is 23.5. The van der Waals surface area contributed by atoms with Gasteiger partial charge in [-0.1, -0.05) is 18.1 Å². The van der Waals surface area contributed by atoms with E-state index in [1.807, 2.05) is 11.8 Å². The highest BCUT2D eigenvalue weighted by atomic mass is 19.4. The maximum atomic E-state index is 13.8. The predicted octanol–water partition coefficient (Wildman–Crippen LogP) is 5.75. The molecule has 240 valence electrons. The molecule has 1 saturated heterocycles. The van der Waals surface area contributed by atoms with Gasteiger partial charge in [-0.05, 0) is 58.7 Å². The van der Waals surface area contributed by atoms with Crippen molar-refractivity contribution in [3.05, 3.63) is 69.8 Å². The lowest BCUT2D eigenvalue weighted by atomic mass is 9.94. The van der Waals surface area contributed by atoms with E-state index in [2.05, 4.69) is 20.7 Å². The number of aryl methyl sites for hydroxylation is 1. The van der Waals surface area contributed by atoms with Crippen LogP contribution in [0.4, 0.5) is 45.5 Å². The van der Waals surface area contributed by atoms with E-state index in [0.717, 1.165) is 16.9 Å². The number of amides is 1. The monoisotopic (exact) mass is 637 g/mol. The summed E-state index contributed by atoms with van der Waals surface area (Å²) in [5.74, 6) is -0.395. The number of benzene rings is 2. The summed E-state index contributed by atoms with van der Waals surface area (Å²) >= 11 is 0. The molecule has 17 heteroatoms. The fourth-order valence-electron chi connectivity index (χ4n) is 5.15. The van der Waals surface area contributed by atoms with Crippen molar-refractivity contribution in [1.29, 1.82) is 0 Å². The molecule has 2 heterocycles. The molecule has 8 nitrogen and oxygen atoms in total. The Morgan fingerprint density at radius 1 is 0.886 bits per heavy atom. The largest absolute Gasteiger partial charge is 0.416 e. The zero-order chi connectivity index (χ0) is 32.4. The Hall–Kier alpha value is -3.89. The molecule has 2 aromatic carbocycles. The summed E-state index contributed by atoms with van der Waals surface area (Å²) in [5.41, 5.74) is -3.94. The summed E-state index contributed by atoms with van der Waals surface area (Å²) in [6.45, 7) is 1.83. The van der Waals surface area contributed by atoms with E-state index in [4.69, 9.17) is 0 Å². The predicted molar refractivity (Wildman–Crippen MR) is 139 cm³/mol. The minimum Gasteiger partial charge on any atom is -0.355 e. The first-order valence-electron chi connectivity index (χ1n) is 13.4. The molecule has 0 saturated carbocycles. The second-order valence-corrected chi connectivity index (χ2v) is 10.3. The Bertz CT molecular complexity index is 1430.